The molecule has 0 unspecified atom stereocenters. The molecule has 0 aliphatic rings. The van der Waals surface area contributed by atoms with Crippen LogP contribution in [0.25, 0.3) is 22.2 Å². The summed E-state index contributed by atoms with van der Waals surface area (Å²) in [6.07, 6.45) is 0.629. The van der Waals surface area contributed by atoms with Gasteiger partial charge in [-0.3, -0.25) is 4.79 Å². The normalized spacial score (nSPS) is 11.2. The Morgan fingerprint density at radius 1 is 1.28 bits per heavy atom. The number of fused-ring (bicyclic) bond motifs is 1. The monoisotopic (exact) mass is 339 g/mol. The summed E-state index contributed by atoms with van der Waals surface area (Å²) in [5.41, 5.74) is 3.83. The van der Waals surface area contributed by atoms with E-state index in [0.717, 1.165) is 28.6 Å². The maximum atomic E-state index is 12.1. The lowest BCUT2D eigenvalue weighted by Crippen LogP contribution is -2.19. The summed E-state index contributed by atoms with van der Waals surface area (Å²) >= 11 is 0. The highest BCUT2D eigenvalue weighted by molar-refractivity contribution is 5.89. The molecule has 0 atom stereocenters. The second-order valence-electron chi connectivity index (χ2n) is 6.07. The fourth-order valence-corrected chi connectivity index (χ4v) is 3.18. The number of nitrogens with zero attached hydrogens (tertiary/aromatic N) is 1. The van der Waals surface area contributed by atoms with Crippen molar-refractivity contribution in [3.8, 4) is 11.3 Å². The molecular formula is C19H21N3O3. The summed E-state index contributed by atoms with van der Waals surface area (Å²) in [6.45, 7) is 2.71. The highest BCUT2D eigenvalue weighted by Gasteiger charge is 2.15. The molecule has 0 bridgehead atoms. The summed E-state index contributed by atoms with van der Waals surface area (Å²) in [7, 11) is 3.93. The van der Waals surface area contributed by atoms with Gasteiger partial charge < -0.3 is 20.0 Å². The van der Waals surface area contributed by atoms with Crippen LogP contribution >= 0.6 is 0 Å². The molecule has 3 rings (SSSR count). The van der Waals surface area contributed by atoms with Crippen molar-refractivity contribution in [3.63, 3.8) is 0 Å². The maximum Gasteiger partial charge on any atom is 0.341 e. The van der Waals surface area contributed by atoms with Crippen LogP contribution in [0.3, 0.4) is 0 Å². The third kappa shape index (κ3) is 2.96. The minimum Gasteiger partial charge on any atom is -0.477 e. The quantitative estimate of drug-likeness (QED) is 0.666. The van der Waals surface area contributed by atoms with Gasteiger partial charge in [0.05, 0.1) is 5.69 Å². The molecule has 25 heavy (non-hydrogen) atoms. The van der Waals surface area contributed by atoms with Crippen molar-refractivity contribution in [1.82, 2.24) is 14.9 Å². The number of carboxylic acids is 1. The Hall–Kier alpha value is -2.86. The van der Waals surface area contributed by atoms with Gasteiger partial charge >= 0.3 is 5.97 Å². The topological polar surface area (TPSA) is 87.1 Å². The van der Waals surface area contributed by atoms with E-state index in [1.165, 1.54) is 11.8 Å². The number of aromatic carboxylic acids is 1. The molecule has 6 nitrogen and oxygen atoms in total. The lowest BCUT2D eigenvalue weighted by Gasteiger charge is -2.10. The summed E-state index contributed by atoms with van der Waals surface area (Å²) in [5.74, 6) is -1.21. The summed E-state index contributed by atoms with van der Waals surface area (Å²) in [5, 5.41) is 13.4. The Bertz CT molecular complexity index is 1010. The van der Waals surface area contributed by atoms with Crippen molar-refractivity contribution in [2.24, 2.45) is 7.05 Å². The molecule has 2 aromatic heterocycles. The van der Waals surface area contributed by atoms with E-state index >= 15 is 0 Å². The van der Waals surface area contributed by atoms with Crippen molar-refractivity contribution < 1.29 is 9.90 Å². The third-order valence-corrected chi connectivity index (χ3v) is 4.52. The fourth-order valence-electron chi connectivity index (χ4n) is 3.18. The Morgan fingerprint density at radius 2 is 2.04 bits per heavy atom. The fraction of sp³-hybridized carbons (Fsp3) is 0.263. The van der Waals surface area contributed by atoms with Crippen LogP contribution in [0.5, 0.6) is 0 Å². The first kappa shape index (κ1) is 17.0. The van der Waals surface area contributed by atoms with Crippen molar-refractivity contribution in [3.05, 3.63) is 57.5 Å². The zero-order valence-electron chi connectivity index (χ0n) is 14.5. The van der Waals surface area contributed by atoms with Gasteiger partial charge in [-0.1, -0.05) is 13.0 Å². The molecule has 0 spiro atoms. The van der Waals surface area contributed by atoms with Crippen LogP contribution in [-0.2, 0) is 20.0 Å². The third-order valence-electron chi connectivity index (χ3n) is 4.52. The van der Waals surface area contributed by atoms with Gasteiger partial charge in [0, 0.05) is 30.2 Å². The highest BCUT2D eigenvalue weighted by Crippen LogP contribution is 2.27. The lowest BCUT2D eigenvalue weighted by atomic mass is 10.0. The number of rotatable bonds is 5. The molecule has 0 fully saturated rings. The van der Waals surface area contributed by atoms with E-state index in [1.54, 1.807) is 0 Å². The molecule has 2 heterocycles. The van der Waals surface area contributed by atoms with E-state index in [2.05, 4.69) is 20.9 Å². The van der Waals surface area contributed by atoms with Gasteiger partial charge in [0.2, 0.25) is 0 Å². The van der Waals surface area contributed by atoms with Gasteiger partial charge in [-0.2, -0.15) is 0 Å². The average Bonchev–Trinajstić information content (AvgIpc) is 2.90. The Kier molecular flexibility index (Phi) is 4.46. The first-order valence-electron chi connectivity index (χ1n) is 8.19. The maximum absolute atomic E-state index is 12.1. The second-order valence-corrected chi connectivity index (χ2v) is 6.07. The largest absolute Gasteiger partial charge is 0.477 e. The Balaban J connectivity index is 2.17. The Labute approximate surface area is 145 Å². The zero-order chi connectivity index (χ0) is 18.1. The van der Waals surface area contributed by atoms with Gasteiger partial charge in [0.1, 0.15) is 5.56 Å². The van der Waals surface area contributed by atoms with Crippen LogP contribution in [0.4, 0.5) is 0 Å². The summed E-state index contributed by atoms with van der Waals surface area (Å²) < 4.78 is 2.13. The minimum absolute atomic E-state index is 0.224. The molecule has 6 heteroatoms. The van der Waals surface area contributed by atoms with Gasteiger partial charge in [0.15, 0.2) is 0 Å². The summed E-state index contributed by atoms with van der Waals surface area (Å²) in [6, 6.07) is 9.59. The van der Waals surface area contributed by atoms with E-state index < -0.39 is 11.5 Å². The standard InChI is InChI=1S/C19H21N3O3/c1-4-11-9-15(19(24)25)18(23)21-17(11)12-5-6-16-13(7-12)8-14(10-20-2)22(16)3/h5-9,20H,4,10H2,1-3H3,(H,21,23)(H,24,25). The van der Waals surface area contributed by atoms with Crippen molar-refractivity contribution in [2.75, 3.05) is 7.05 Å². The number of pyridine rings is 1. The predicted molar refractivity (Wildman–Crippen MR) is 98.1 cm³/mol. The number of carboxylic acid groups (broad SMARTS) is 1. The first-order valence-corrected chi connectivity index (χ1v) is 8.19. The molecule has 0 aliphatic heterocycles. The summed E-state index contributed by atoms with van der Waals surface area (Å²) in [4.78, 5) is 26.0. The predicted octanol–water partition coefficient (Wildman–Crippen LogP) is 2.51. The molecule has 0 saturated carbocycles. The average molecular weight is 339 g/mol. The molecular weight excluding hydrogens is 318 g/mol. The molecule has 130 valence electrons. The van der Waals surface area contributed by atoms with Gasteiger partial charge in [-0.05, 0) is 48.9 Å². The number of aromatic nitrogens is 2. The number of carbonyl (C=O) groups is 1. The number of benzene rings is 1. The van der Waals surface area contributed by atoms with Crippen LogP contribution in [0.2, 0.25) is 0 Å². The van der Waals surface area contributed by atoms with Crippen molar-refractivity contribution in [1.29, 1.82) is 0 Å². The number of H-pyrrole nitrogens is 1. The highest BCUT2D eigenvalue weighted by atomic mass is 16.4. The molecule has 3 N–H and O–H groups in total. The smallest absolute Gasteiger partial charge is 0.341 e. The van der Waals surface area contributed by atoms with Crippen molar-refractivity contribution >= 4 is 16.9 Å². The van der Waals surface area contributed by atoms with Crippen LogP contribution in [0.15, 0.2) is 35.1 Å². The molecule has 0 saturated heterocycles. The first-order chi connectivity index (χ1) is 12.0. The lowest BCUT2D eigenvalue weighted by molar-refractivity contribution is 0.0695. The van der Waals surface area contributed by atoms with Crippen LogP contribution in [0.1, 0.15) is 28.5 Å². The van der Waals surface area contributed by atoms with E-state index in [9.17, 15) is 9.59 Å². The van der Waals surface area contributed by atoms with Gasteiger partial charge in [-0.15, -0.1) is 0 Å². The molecule has 1 aromatic carbocycles. The zero-order valence-corrected chi connectivity index (χ0v) is 14.5. The van der Waals surface area contributed by atoms with Gasteiger partial charge in [-0.25, -0.2) is 4.79 Å². The van der Waals surface area contributed by atoms with E-state index in [0.29, 0.717) is 12.1 Å². The van der Waals surface area contributed by atoms with Crippen LogP contribution < -0.4 is 10.9 Å². The number of nitrogens with one attached hydrogen (secondary N) is 2. The molecule has 3 aromatic rings. The number of aromatic amines is 1. The van der Waals surface area contributed by atoms with Gasteiger partial charge in [0.25, 0.3) is 5.56 Å². The molecule has 0 aliphatic carbocycles. The number of aryl methyl sites for hydroxylation is 2. The van der Waals surface area contributed by atoms with Crippen LogP contribution in [0, 0.1) is 0 Å². The molecule has 0 amide bonds. The number of hydrogen-bond donors (Lipinski definition) is 3. The van der Waals surface area contributed by atoms with E-state index in [1.807, 2.05) is 39.2 Å². The SMILES string of the molecule is CCc1cc(C(=O)O)c(=O)[nH]c1-c1ccc2c(c1)cc(CNC)n2C. The van der Waals surface area contributed by atoms with E-state index in [4.69, 9.17) is 5.11 Å². The van der Waals surface area contributed by atoms with E-state index in [-0.39, 0.29) is 5.56 Å². The molecule has 0 radical (unpaired) electrons. The van der Waals surface area contributed by atoms with Crippen molar-refractivity contribution in [2.45, 2.75) is 19.9 Å². The second kappa shape index (κ2) is 6.57. The minimum atomic E-state index is -1.21. The Morgan fingerprint density at radius 3 is 2.68 bits per heavy atom. The van der Waals surface area contributed by atoms with Crippen LogP contribution in [-0.4, -0.2) is 27.7 Å². The number of hydrogen-bond acceptors (Lipinski definition) is 3.